The van der Waals surface area contributed by atoms with E-state index in [4.69, 9.17) is 0 Å². The largest absolute Gasteiger partial charge is 0.353 e. The lowest BCUT2D eigenvalue weighted by Gasteiger charge is -2.32. The molecule has 1 amide bonds. The van der Waals surface area contributed by atoms with Crippen LogP contribution < -0.4 is 10.2 Å². The van der Waals surface area contributed by atoms with E-state index in [1.807, 2.05) is 4.90 Å². The van der Waals surface area contributed by atoms with E-state index in [0.29, 0.717) is 11.6 Å². The first-order chi connectivity index (χ1) is 11.8. The lowest BCUT2D eigenvalue weighted by Crippen LogP contribution is -2.43. The maximum absolute atomic E-state index is 12.5. The molecular weight excluding hydrogens is 306 g/mol. The number of likely N-dealkylation sites (tertiary alicyclic amines) is 1. The summed E-state index contributed by atoms with van der Waals surface area (Å²) in [5.41, 5.74) is 1.69. The standard InChI is InChI=1S/C16H23N7O/c24-16(13-3-4-18-19-13)23-7-1-2-12(11-23)14-10-15(21-20-14)22-8-5-17-6-9-22/h3-4,10,12,17H,1-2,5-9,11H2,(H,18,19)(H,20,21). The van der Waals surface area contributed by atoms with Gasteiger partial charge in [0, 0.05) is 63.1 Å². The van der Waals surface area contributed by atoms with Gasteiger partial charge >= 0.3 is 0 Å². The highest BCUT2D eigenvalue weighted by molar-refractivity contribution is 5.92. The van der Waals surface area contributed by atoms with Crippen LogP contribution in [0.4, 0.5) is 5.82 Å². The Labute approximate surface area is 140 Å². The Hall–Kier alpha value is -2.35. The Bertz CT molecular complexity index is 674. The van der Waals surface area contributed by atoms with Crippen LogP contribution in [0, 0.1) is 0 Å². The minimum atomic E-state index is 0.0269. The van der Waals surface area contributed by atoms with E-state index >= 15 is 0 Å². The van der Waals surface area contributed by atoms with Crippen LogP contribution in [0.2, 0.25) is 0 Å². The molecule has 1 atom stereocenters. The number of anilines is 1. The number of aromatic nitrogens is 4. The first kappa shape index (κ1) is 15.2. The van der Waals surface area contributed by atoms with Crippen LogP contribution in [-0.2, 0) is 0 Å². The molecule has 2 aliphatic rings. The van der Waals surface area contributed by atoms with Crippen molar-refractivity contribution in [2.75, 3.05) is 44.2 Å². The molecule has 24 heavy (non-hydrogen) atoms. The summed E-state index contributed by atoms with van der Waals surface area (Å²) in [6.45, 7) is 5.49. The number of H-pyrrole nitrogens is 2. The zero-order valence-electron chi connectivity index (χ0n) is 13.7. The summed E-state index contributed by atoms with van der Waals surface area (Å²) in [6, 6.07) is 3.88. The van der Waals surface area contributed by atoms with Gasteiger partial charge in [0.2, 0.25) is 0 Å². The normalized spacial score (nSPS) is 21.9. The van der Waals surface area contributed by atoms with Crippen LogP contribution in [0.1, 0.15) is 34.9 Å². The molecule has 8 heteroatoms. The summed E-state index contributed by atoms with van der Waals surface area (Å²) in [7, 11) is 0. The van der Waals surface area contributed by atoms with Gasteiger partial charge in [0.1, 0.15) is 5.69 Å². The molecule has 3 N–H and O–H groups in total. The van der Waals surface area contributed by atoms with Crippen LogP contribution in [0.25, 0.3) is 0 Å². The zero-order valence-corrected chi connectivity index (χ0v) is 13.7. The van der Waals surface area contributed by atoms with Crippen molar-refractivity contribution in [3.8, 4) is 0 Å². The summed E-state index contributed by atoms with van der Waals surface area (Å²) in [5.74, 6) is 1.36. The Kier molecular flexibility index (Phi) is 4.20. The summed E-state index contributed by atoms with van der Waals surface area (Å²) < 4.78 is 0. The second kappa shape index (κ2) is 6.64. The minimum Gasteiger partial charge on any atom is -0.353 e. The molecule has 0 aromatic carbocycles. The van der Waals surface area contributed by atoms with Crippen LogP contribution in [0.5, 0.6) is 0 Å². The maximum atomic E-state index is 12.5. The molecule has 128 valence electrons. The van der Waals surface area contributed by atoms with Gasteiger partial charge < -0.3 is 15.1 Å². The zero-order chi connectivity index (χ0) is 16.4. The molecule has 2 aliphatic heterocycles. The molecule has 0 spiro atoms. The predicted molar refractivity (Wildman–Crippen MR) is 90.1 cm³/mol. The van der Waals surface area contributed by atoms with Crippen molar-refractivity contribution in [3.05, 3.63) is 29.7 Å². The number of hydrogen-bond acceptors (Lipinski definition) is 5. The van der Waals surface area contributed by atoms with Crippen LogP contribution in [0.15, 0.2) is 18.3 Å². The monoisotopic (exact) mass is 329 g/mol. The Morgan fingerprint density at radius 3 is 2.88 bits per heavy atom. The van der Waals surface area contributed by atoms with Gasteiger partial charge in [-0.1, -0.05) is 0 Å². The average molecular weight is 329 g/mol. The van der Waals surface area contributed by atoms with Crippen molar-refractivity contribution >= 4 is 11.7 Å². The van der Waals surface area contributed by atoms with E-state index in [1.54, 1.807) is 12.3 Å². The van der Waals surface area contributed by atoms with Gasteiger partial charge in [-0.2, -0.15) is 10.2 Å². The number of nitrogens with one attached hydrogen (secondary N) is 3. The molecule has 4 rings (SSSR count). The highest BCUT2D eigenvalue weighted by Crippen LogP contribution is 2.28. The number of aromatic amines is 2. The van der Waals surface area contributed by atoms with Gasteiger partial charge in [0.05, 0.1) is 0 Å². The highest BCUT2D eigenvalue weighted by Gasteiger charge is 2.27. The number of hydrogen-bond donors (Lipinski definition) is 3. The second-order valence-corrected chi connectivity index (χ2v) is 6.48. The van der Waals surface area contributed by atoms with E-state index in [-0.39, 0.29) is 5.91 Å². The number of rotatable bonds is 3. The molecule has 0 aliphatic carbocycles. The van der Waals surface area contributed by atoms with Gasteiger partial charge in [-0.25, -0.2) is 0 Å². The van der Waals surface area contributed by atoms with Crippen molar-refractivity contribution in [2.24, 2.45) is 0 Å². The number of nitrogens with zero attached hydrogens (tertiary/aromatic N) is 4. The third kappa shape index (κ3) is 3.01. The molecule has 2 saturated heterocycles. The molecule has 0 radical (unpaired) electrons. The molecular formula is C16H23N7O. The smallest absolute Gasteiger partial charge is 0.271 e. The highest BCUT2D eigenvalue weighted by atomic mass is 16.2. The van der Waals surface area contributed by atoms with Crippen molar-refractivity contribution < 1.29 is 4.79 Å². The van der Waals surface area contributed by atoms with E-state index in [1.165, 1.54) is 0 Å². The molecule has 2 fully saturated rings. The number of piperidine rings is 1. The summed E-state index contributed by atoms with van der Waals surface area (Å²) in [4.78, 5) is 16.7. The second-order valence-electron chi connectivity index (χ2n) is 6.48. The first-order valence-corrected chi connectivity index (χ1v) is 8.61. The quantitative estimate of drug-likeness (QED) is 0.765. The molecule has 2 aromatic heterocycles. The van der Waals surface area contributed by atoms with Crippen LogP contribution >= 0.6 is 0 Å². The van der Waals surface area contributed by atoms with Gasteiger partial charge in [0.15, 0.2) is 5.82 Å². The summed E-state index contributed by atoms with van der Waals surface area (Å²) in [5, 5.41) is 17.7. The average Bonchev–Trinajstić information content (AvgIpc) is 3.34. The Morgan fingerprint density at radius 2 is 2.08 bits per heavy atom. The molecule has 8 nitrogen and oxygen atoms in total. The minimum absolute atomic E-state index is 0.0269. The number of piperazine rings is 1. The van der Waals surface area contributed by atoms with Crippen LogP contribution in [0.3, 0.4) is 0 Å². The topological polar surface area (TPSA) is 92.9 Å². The van der Waals surface area contributed by atoms with Crippen molar-refractivity contribution in [1.29, 1.82) is 0 Å². The van der Waals surface area contributed by atoms with E-state index in [2.05, 4.69) is 36.7 Å². The van der Waals surface area contributed by atoms with Crippen molar-refractivity contribution in [3.63, 3.8) is 0 Å². The fourth-order valence-electron chi connectivity index (χ4n) is 3.55. The van der Waals surface area contributed by atoms with Gasteiger partial charge in [-0.15, -0.1) is 0 Å². The lowest BCUT2D eigenvalue weighted by atomic mass is 9.94. The van der Waals surface area contributed by atoms with E-state index in [0.717, 1.165) is 63.6 Å². The third-order valence-electron chi connectivity index (χ3n) is 4.90. The number of carbonyl (C=O) groups is 1. The fourth-order valence-corrected chi connectivity index (χ4v) is 3.55. The molecule has 2 aromatic rings. The summed E-state index contributed by atoms with van der Waals surface area (Å²) in [6.07, 6.45) is 3.70. The maximum Gasteiger partial charge on any atom is 0.271 e. The van der Waals surface area contributed by atoms with Crippen molar-refractivity contribution in [1.82, 2.24) is 30.6 Å². The predicted octanol–water partition coefficient (Wildman–Crippen LogP) is 0.562. The lowest BCUT2D eigenvalue weighted by molar-refractivity contribution is 0.0700. The number of amides is 1. The molecule has 0 bridgehead atoms. The Morgan fingerprint density at radius 1 is 1.21 bits per heavy atom. The van der Waals surface area contributed by atoms with Crippen LogP contribution in [-0.4, -0.2) is 70.5 Å². The third-order valence-corrected chi connectivity index (χ3v) is 4.90. The Balaban J connectivity index is 1.44. The van der Waals surface area contributed by atoms with Gasteiger partial charge in [-0.05, 0) is 18.9 Å². The van der Waals surface area contributed by atoms with Crippen molar-refractivity contribution in [2.45, 2.75) is 18.8 Å². The van der Waals surface area contributed by atoms with Gasteiger partial charge in [0.25, 0.3) is 5.91 Å². The molecule has 0 saturated carbocycles. The van der Waals surface area contributed by atoms with Gasteiger partial charge in [-0.3, -0.25) is 15.0 Å². The number of carbonyl (C=O) groups excluding carboxylic acids is 1. The molecule has 1 unspecified atom stereocenters. The van der Waals surface area contributed by atoms with E-state index in [9.17, 15) is 4.79 Å². The summed E-state index contributed by atoms with van der Waals surface area (Å²) >= 11 is 0. The fraction of sp³-hybridized carbons (Fsp3) is 0.562. The first-order valence-electron chi connectivity index (χ1n) is 8.61. The SMILES string of the molecule is O=C(c1ccn[nH]1)N1CCCC(c2cc(N3CCNCC3)n[nH]2)C1. The molecule has 4 heterocycles. The van der Waals surface area contributed by atoms with E-state index < -0.39 is 0 Å².